The molecule has 1 N–H and O–H groups in total. The third-order valence-corrected chi connectivity index (χ3v) is 4.85. The number of carbonyl (C=O) groups is 2. The predicted octanol–water partition coefficient (Wildman–Crippen LogP) is 4.17. The Morgan fingerprint density at radius 3 is 2.24 bits per heavy atom. The molecule has 1 amide bonds. The van der Waals surface area contributed by atoms with Crippen LogP contribution >= 0.6 is 0 Å². The molecule has 3 rings (SSSR count). The Labute approximate surface area is 187 Å². The molecule has 2 aromatic rings. The van der Waals surface area contributed by atoms with Gasteiger partial charge in [0.25, 0.3) is 0 Å². The average molecular weight is 470 g/mol. The minimum absolute atomic E-state index is 0.0116. The summed E-state index contributed by atoms with van der Waals surface area (Å²) >= 11 is 0. The summed E-state index contributed by atoms with van der Waals surface area (Å²) in [7, 11) is 3.42. The van der Waals surface area contributed by atoms with Crippen molar-refractivity contribution in [2.75, 3.05) is 33.7 Å². The van der Waals surface area contributed by atoms with Crippen molar-refractivity contribution >= 4 is 17.4 Å². The summed E-state index contributed by atoms with van der Waals surface area (Å²) in [5.41, 5.74) is 2.05. The van der Waals surface area contributed by atoms with Crippen molar-refractivity contribution in [1.29, 1.82) is 0 Å². The summed E-state index contributed by atoms with van der Waals surface area (Å²) in [4.78, 5) is 24.6. The van der Waals surface area contributed by atoms with Gasteiger partial charge in [-0.15, -0.1) is 0 Å². The predicted molar refractivity (Wildman–Crippen MR) is 112 cm³/mol. The van der Waals surface area contributed by atoms with E-state index in [4.69, 9.17) is 9.90 Å². The van der Waals surface area contributed by atoms with Gasteiger partial charge in [-0.25, -0.2) is 13.6 Å². The number of rotatable bonds is 4. The van der Waals surface area contributed by atoms with Crippen LogP contribution in [0.3, 0.4) is 0 Å². The molecule has 1 heterocycles. The van der Waals surface area contributed by atoms with E-state index in [1.54, 1.807) is 14.1 Å². The van der Waals surface area contributed by atoms with Crippen LogP contribution in [-0.4, -0.2) is 66.7 Å². The number of hydrogen-bond donors (Lipinski definition) is 1. The van der Waals surface area contributed by atoms with Crippen LogP contribution in [0.4, 0.5) is 22.0 Å². The molecule has 0 spiro atoms. The number of benzene rings is 2. The molecule has 33 heavy (non-hydrogen) atoms. The molecule has 0 saturated heterocycles. The van der Waals surface area contributed by atoms with Crippen LogP contribution in [0, 0.1) is 11.6 Å². The van der Waals surface area contributed by atoms with E-state index in [0.717, 1.165) is 17.7 Å². The molecule has 1 atom stereocenters. The molecule has 0 aromatic heterocycles. The van der Waals surface area contributed by atoms with E-state index in [2.05, 4.69) is 0 Å². The van der Waals surface area contributed by atoms with E-state index >= 15 is 0 Å². The fraction of sp³-hybridized carbons (Fsp3) is 0.304. The van der Waals surface area contributed by atoms with Crippen molar-refractivity contribution in [3.05, 3.63) is 77.4 Å². The van der Waals surface area contributed by atoms with Crippen molar-refractivity contribution in [1.82, 2.24) is 9.80 Å². The van der Waals surface area contributed by atoms with Crippen LogP contribution in [-0.2, 0) is 9.59 Å². The smallest absolute Gasteiger partial charge is 0.475 e. The summed E-state index contributed by atoms with van der Waals surface area (Å²) in [5.74, 6) is -3.69. The Kier molecular flexibility index (Phi) is 8.69. The van der Waals surface area contributed by atoms with Gasteiger partial charge in [0.15, 0.2) is 0 Å². The molecule has 0 radical (unpaired) electrons. The normalized spacial score (nSPS) is 16.3. The molecule has 1 unspecified atom stereocenters. The minimum atomic E-state index is -5.08. The first-order valence-electron chi connectivity index (χ1n) is 9.82. The number of likely N-dealkylation sites (N-methyl/N-ethyl adjacent to an activating group) is 1. The number of carboxylic acids is 1. The fourth-order valence-electron chi connectivity index (χ4n) is 3.21. The first-order valence-corrected chi connectivity index (χ1v) is 9.82. The van der Waals surface area contributed by atoms with Crippen LogP contribution in [0.5, 0.6) is 0 Å². The van der Waals surface area contributed by atoms with Crippen molar-refractivity contribution in [2.45, 2.75) is 12.1 Å². The summed E-state index contributed by atoms with van der Waals surface area (Å²) in [6, 6.07) is 13.4. The molecule has 1 aliphatic heterocycles. The van der Waals surface area contributed by atoms with E-state index in [1.807, 2.05) is 41.3 Å². The lowest BCUT2D eigenvalue weighted by Crippen LogP contribution is -2.41. The largest absolute Gasteiger partial charge is 0.490 e. The number of halogens is 5. The SMILES string of the molecule is CN(C)C(=O)CN1CC(c2cc(F)ccc2F)=CC(c2ccccc2)C1.O=C(O)C(F)(F)F. The average Bonchev–Trinajstić information content (AvgIpc) is 2.75. The first kappa shape index (κ1) is 26.0. The van der Waals surface area contributed by atoms with Crippen LogP contribution < -0.4 is 0 Å². The second kappa shape index (κ2) is 11.0. The maximum Gasteiger partial charge on any atom is 0.490 e. The number of amides is 1. The second-order valence-electron chi connectivity index (χ2n) is 7.59. The summed E-state index contributed by atoms with van der Waals surface area (Å²) in [6.45, 7) is 1.30. The van der Waals surface area contributed by atoms with E-state index in [0.29, 0.717) is 18.7 Å². The van der Waals surface area contributed by atoms with Gasteiger partial charge in [-0.2, -0.15) is 13.2 Å². The van der Waals surface area contributed by atoms with Crippen LogP contribution in [0.1, 0.15) is 17.0 Å². The Morgan fingerprint density at radius 2 is 1.70 bits per heavy atom. The van der Waals surface area contributed by atoms with Crippen LogP contribution in [0.2, 0.25) is 0 Å². The first-order chi connectivity index (χ1) is 15.4. The number of carboxylic acid groups (broad SMARTS) is 1. The van der Waals surface area contributed by atoms with Crippen molar-refractivity contribution in [3.63, 3.8) is 0 Å². The number of hydrogen-bond acceptors (Lipinski definition) is 3. The summed E-state index contributed by atoms with van der Waals surface area (Å²) < 4.78 is 59.7. The highest BCUT2D eigenvalue weighted by Gasteiger charge is 2.38. The molecule has 0 bridgehead atoms. The molecule has 10 heteroatoms. The molecule has 0 fully saturated rings. The Morgan fingerprint density at radius 1 is 1.09 bits per heavy atom. The second-order valence-corrected chi connectivity index (χ2v) is 7.59. The van der Waals surface area contributed by atoms with Gasteiger partial charge >= 0.3 is 12.1 Å². The Bertz CT molecular complexity index is 1010. The standard InChI is InChI=1S/C21H22F2N2O.C2HF3O2/c1-24(2)21(26)14-25-12-16(15-6-4-3-5-7-15)10-17(13-25)19-11-18(22)8-9-20(19)23;3-2(4,5)1(6)7/h3-11,16H,12-14H2,1-2H3;(H,6,7). The van der Waals surface area contributed by atoms with Crippen LogP contribution in [0.15, 0.2) is 54.6 Å². The summed E-state index contributed by atoms with van der Waals surface area (Å²) in [6.07, 6.45) is -3.09. The minimum Gasteiger partial charge on any atom is -0.475 e. The lowest BCUT2D eigenvalue weighted by Gasteiger charge is -2.33. The third kappa shape index (κ3) is 7.67. The number of aliphatic carboxylic acids is 1. The Hall–Kier alpha value is -3.27. The van der Waals surface area contributed by atoms with Crippen molar-refractivity contribution in [2.24, 2.45) is 0 Å². The lowest BCUT2D eigenvalue weighted by molar-refractivity contribution is -0.192. The zero-order chi connectivity index (χ0) is 24.8. The topological polar surface area (TPSA) is 60.9 Å². The quantitative estimate of drug-likeness (QED) is 0.682. The van der Waals surface area contributed by atoms with E-state index in [-0.39, 0.29) is 23.9 Å². The zero-order valence-electron chi connectivity index (χ0n) is 17.9. The van der Waals surface area contributed by atoms with Crippen LogP contribution in [0.25, 0.3) is 5.57 Å². The summed E-state index contributed by atoms with van der Waals surface area (Å²) in [5, 5.41) is 7.12. The van der Waals surface area contributed by atoms with Gasteiger partial charge in [0.2, 0.25) is 5.91 Å². The van der Waals surface area contributed by atoms with E-state index in [9.17, 15) is 26.7 Å². The monoisotopic (exact) mass is 470 g/mol. The number of alkyl halides is 3. The van der Waals surface area contributed by atoms with Gasteiger partial charge in [-0.3, -0.25) is 9.69 Å². The van der Waals surface area contributed by atoms with E-state index in [1.165, 1.54) is 11.0 Å². The van der Waals surface area contributed by atoms with Gasteiger partial charge in [0.1, 0.15) is 11.6 Å². The third-order valence-electron chi connectivity index (χ3n) is 4.85. The van der Waals surface area contributed by atoms with Gasteiger partial charge in [-0.1, -0.05) is 36.4 Å². The maximum absolute atomic E-state index is 14.3. The molecule has 0 aliphatic carbocycles. The molecular weight excluding hydrogens is 447 g/mol. The number of carbonyl (C=O) groups excluding carboxylic acids is 1. The molecule has 0 saturated carbocycles. The highest BCUT2D eigenvalue weighted by atomic mass is 19.4. The highest BCUT2D eigenvalue weighted by Crippen LogP contribution is 2.31. The van der Waals surface area contributed by atoms with Gasteiger partial charge < -0.3 is 10.0 Å². The molecule has 178 valence electrons. The van der Waals surface area contributed by atoms with Gasteiger partial charge in [0, 0.05) is 38.7 Å². The molecule has 5 nitrogen and oxygen atoms in total. The van der Waals surface area contributed by atoms with Crippen molar-refractivity contribution < 1.29 is 36.6 Å². The zero-order valence-corrected chi connectivity index (χ0v) is 17.9. The van der Waals surface area contributed by atoms with E-state index < -0.39 is 23.8 Å². The lowest BCUT2D eigenvalue weighted by atomic mass is 9.89. The van der Waals surface area contributed by atoms with Crippen molar-refractivity contribution in [3.8, 4) is 0 Å². The maximum atomic E-state index is 14.3. The molecule has 2 aromatic carbocycles. The molecule has 1 aliphatic rings. The highest BCUT2D eigenvalue weighted by molar-refractivity contribution is 5.78. The van der Waals surface area contributed by atoms with Gasteiger partial charge in [-0.05, 0) is 29.3 Å². The fourth-order valence-corrected chi connectivity index (χ4v) is 3.21. The number of nitrogens with zero attached hydrogens (tertiary/aromatic N) is 2. The van der Waals surface area contributed by atoms with Gasteiger partial charge in [0.05, 0.1) is 6.54 Å². The Balaban J connectivity index is 0.000000479. The molecular formula is C23H23F5N2O3.